The monoisotopic (exact) mass is 468 g/mol. The van der Waals surface area contributed by atoms with Crippen molar-refractivity contribution < 1.29 is 14.6 Å². The fraction of sp³-hybridized carbons (Fsp3) is 0.645. The van der Waals surface area contributed by atoms with E-state index in [0.717, 1.165) is 24.0 Å². The lowest BCUT2D eigenvalue weighted by atomic mass is 9.48. The van der Waals surface area contributed by atoms with Crippen molar-refractivity contribution in [3.63, 3.8) is 0 Å². The summed E-state index contributed by atoms with van der Waals surface area (Å²) >= 11 is 0. The zero-order chi connectivity index (χ0) is 26.3. The Morgan fingerprint density at radius 2 is 1.44 bits per heavy atom. The molecule has 0 saturated heterocycles. The average molecular weight is 469 g/mol. The molecule has 190 valence electrons. The first-order valence-electron chi connectivity index (χ1n) is 12.8. The minimum Gasteiger partial charge on any atom is -0.423 e. The van der Waals surface area contributed by atoms with Gasteiger partial charge >= 0.3 is 5.97 Å². The number of aliphatic hydroxyl groups is 1. The van der Waals surface area contributed by atoms with Crippen LogP contribution in [-0.4, -0.2) is 16.7 Å². The summed E-state index contributed by atoms with van der Waals surface area (Å²) in [6, 6.07) is 9.15. The molecule has 0 aromatic heterocycles. The molecule has 0 radical (unpaired) electrons. The molecule has 1 aliphatic rings. The highest BCUT2D eigenvalue weighted by molar-refractivity contribution is 5.90. The van der Waals surface area contributed by atoms with Crippen LogP contribution >= 0.6 is 0 Å². The Kier molecular flexibility index (Phi) is 7.76. The summed E-state index contributed by atoms with van der Waals surface area (Å²) in [5.74, 6) is 0.00203. The van der Waals surface area contributed by atoms with E-state index in [2.05, 4.69) is 83.1 Å². The third-order valence-electron chi connectivity index (χ3n) is 8.07. The fourth-order valence-corrected chi connectivity index (χ4v) is 5.43. The Morgan fingerprint density at radius 3 is 1.85 bits per heavy atom. The van der Waals surface area contributed by atoms with Gasteiger partial charge in [-0.05, 0) is 63.9 Å². The van der Waals surface area contributed by atoms with Crippen LogP contribution in [0.4, 0.5) is 0 Å². The number of ether oxygens (including phenoxy) is 1. The molecule has 2 rings (SSSR count). The summed E-state index contributed by atoms with van der Waals surface area (Å²) in [6.07, 6.45) is 3.68. The molecule has 0 aliphatic heterocycles. The van der Waals surface area contributed by atoms with Gasteiger partial charge in [-0.3, -0.25) is 0 Å². The number of hydrogen-bond acceptors (Lipinski definition) is 3. The molecule has 0 heterocycles. The molecule has 0 amide bonds. The second kappa shape index (κ2) is 9.30. The standard InChI is InChI=1S/C31H48O3/c1-13-29(9,10)24-22(34-26(32)21-18-16-15-17-19-21)20-23(27(3,4)5)31(33,30(11,12)14-2)25(24)28(6,7)8/h15-20,25,33H,13-14H2,1-12H3. The van der Waals surface area contributed by atoms with E-state index in [4.69, 9.17) is 4.74 Å². The second-order valence-electron chi connectivity index (χ2n) is 13.4. The van der Waals surface area contributed by atoms with Crippen molar-refractivity contribution in [2.45, 2.75) is 102 Å². The zero-order valence-corrected chi connectivity index (χ0v) is 23.7. The summed E-state index contributed by atoms with van der Waals surface area (Å²) in [5, 5.41) is 12.9. The van der Waals surface area contributed by atoms with Crippen molar-refractivity contribution in [1.29, 1.82) is 0 Å². The number of allylic oxidation sites excluding steroid dienone is 1. The van der Waals surface area contributed by atoms with Crippen LogP contribution in [0.2, 0.25) is 0 Å². The van der Waals surface area contributed by atoms with Gasteiger partial charge in [-0.15, -0.1) is 0 Å². The van der Waals surface area contributed by atoms with Crippen LogP contribution in [0, 0.1) is 27.6 Å². The van der Waals surface area contributed by atoms with E-state index in [1.165, 1.54) is 0 Å². The summed E-state index contributed by atoms with van der Waals surface area (Å²) < 4.78 is 6.22. The van der Waals surface area contributed by atoms with E-state index in [1.54, 1.807) is 12.1 Å². The van der Waals surface area contributed by atoms with Crippen molar-refractivity contribution in [2.75, 3.05) is 0 Å². The number of carbonyl (C=O) groups excluding carboxylic acids is 1. The maximum absolute atomic E-state index is 13.3. The average Bonchev–Trinajstić information content (AvgIpc) is 2.73. The Hall–Kier alpha value is -1.87. The molecule has 1 aliphatic carbocycles. The third-order valence-corrected chi connectivity index (χ3v) is 8.07. The van der Waals surface area contributed by atoms with Gasteiger partial charge < -0.3 is 9.84 Å². The smallest absolute Gasteiger partial charge is 0.343 e. The molecule has 34 heavy (non-hydrogen) atoms. The summed E-state index contributed by atoms with van der Waals surface area (Å²) in [4.78, 5) is 13.3. The molecule has 2 atom stereocenters. The van der Waals surface area contributed by atoms with Gasteiger partial charge in [0.05, 0.1) is 11.2 Å². The van der Waals surface area contributed by atoms with E-state index in [0.29, 0.717) is 11.3 Å². The van der Waals surface area contributed by atoms with Crippen molar-refractivity contribution in [1.82, 2.24) is 0 Å². The lowest BCUT2D eigenvalue weighted by Crippen LogP contribution is -2.61. The van der Waals surface area contributed by atoms with Crippen molar-refractivity contribution in [3.8, 4) is 0 Å². The molecule has 3 heteroatoms. The molecule has 2 unspecified atom stereocenters. The molecule has 0 spiro atoms. The van der Waals surface area contributed by atoms with Crippen molar-refractivity contribution in [3.05, 3.63) is 58.9 Å². The van der Waals surface area contributed by atoms with Crippen LogP contribution in [0.1, 0.15) is 106 Å². The summed E-state index contributed by atoms with van der Waals surface area (Å²) in [6.45, 7) is 26.1. The first-order chi connectivity index (χ1) is 15.3. The first kappa shape index (κ1) is 28.4. The van der Waals surface area contributed by atoms with Crippen molar-refractivity contribution >= 4 is 5.97 Å². The van der Waals surface area contributed by atoms with E-state index >= 15 is 0 Å². The zero-order valence-electron chi connectivity index (χ0n) is 23.7. The van der Waals surface area contributed by atoms with Gasteiger partial charge in [0.15, 0.2) is 0 Å². The van der Waals surface area contributed by atoms with Crippen LogP contribution in [0.5, 0.6) is 0 Å². The van der Waals surface area contributed by atoms with Gasteiger partial charge in [0.25, 0.3) is 0 Å². The highest BCUT2D eigenvalue weighted by Gasteiger charge is 2.61. The van der Waals surface area contributed by atoms with Crippen LogP contribution in [-0.2, 0) is 4.74 Å². The highest BCUT2D eigenvalue weighted by Crippen LogP contribution is 2.62. The molecule has 1 aromatic rings. The van der Waals surface area contributed by atoms with E-state index in [9.17, 15) is 9.90 Å². The maximum atomic E-state index is 13.3. The van der Waals surface area contributed by atoms with Gasteiger partial charge in [0, 0.05) is 5.92 Å². The molecule has 3 nitrogen and oxygen atoms in total. The molecule has 0 fully saturated rings. The number of benzene rings is 1. The van der Waals surface area contributed by atoms with Gasteiger partial charge in [0.1, 0.15) is 5.76 Å². The van der Waals surface area contributed by atoms with E-state index < -0.39 is 11.0 Å². The predicted molar refractivity (Wildman–Crippen MR) is 142 cm³/mol. The lowest BCUT2D eigenvalue weighted by molar-refractivity contribution is -0.120. The van der Waals surface area contributed by atoms with Gasteiger partial charge in [0.2, 0.25) is 0 Å². The van der Waals surface area contributed by atoms with Crippen LogP contribution < -0.4 is 0 Å². The minimum absolute atomic E-state index is 0.234. The molecule has 1 N–H and O–H groups in total. The van der Waals surface area contributed by atoms with E-state index in [-0.39, 0.29) is 28.1 Å². The van der Waals surface area contributed by atoms with E-state index in [1.807, 2.05) is 24.3 Å². The first-order valence-corrected chi connectivity index (χ1v) is 12.8. The number of carbonyl (C=O) groups is 1. The Balaban J connectivity index is 2.98. The quantitative estimate of drug-likeness (QED) is 0.427. The molecule has 1 aromatic carbocycles. The minimum atomic E-state index is -1.11. The second-order valence-corrected chi connectivity index (χ2v) is 13.4. The number of rotatable bonds is 6. The Morgan fingerprint density at radius 1 is 0.912 bits per heavy atom. The van der Waals surface area contributed by atoms with Gasteiger partial charge in [-0.2, -0.15) is 0 Å². The van der Waals surface area contributed by atoms with Crippen molar-refractivity contribution in [2.24, 2.45) is 27.6 Å². The van der Waals surface area contributed by atoms with Crippen LogP contribution in [0.15, 0.2) is 53.3 Å². The largest absolute Gasteiger partial charge is 0.423 e. The number of esters is 1. The summed E-state index contributed by atoms with van der Waals surface area (Å²) in [5.41, 5.74) is 0.104. The fourth-order valence-electron chi connectivity index (χ4n) is 5.43. The third kappa shape index (κ3) is 5.05. The highest BCUT2D eigenvalue weighted by atomic mass is 16.5. The maximum Gasteiger partial charge on any atom is 0.343 e. The molecule has 0 saturated carbocycles. The van der Waals surface area contributed by atoms with Gasteiger partial charge in [-0.25, -0.2) is 4.79 Å². The summed E-state index contributed by atoms with van der Waals surface area (Å²) in [7, 11) is 0. The topological polar surface area (TPSA) is 46.5 Å². The normalized spacial score (nSPS) is 22.5. The lowest BCUT2D eigenvalue weighted by Gasteiger charge is -2.59. The van der Waals surface area contributed by atoms with Crippen LogP contribution in [0.25, 0.3) is 0 Å². The Bertz CT molecular complexity index is 949. The SMILES string of the molecule is CCC(C)(C)C1=C(OC(=O)c2ccccc2)C=C(C(C)(C)C)C(O)(C(C)(C)CC)C1C(C)(C)C. The molecular formula is C31H48O3. The Labute approximate surface area is 208 Å². The van der Waals surface area contributed by atoms with Gasteiger partial charge in [-0.1, -0.05) is 101 Å². The molecule has 0 bridgehead atoms. The number of hydrogen-bond donors (Lipinski definition) is 1. The molecular weight excluding hydrogens is 420 g/mol. The predicted octanol–water partition coefficient (Wildman–Crippen LogP) is 8.35. The van der Waals surface area contributed by atoms with Crippen LogP contribution in [0.3, 0.4) is 0 Å².